The minimum Gasteiger partial charge on any atom is -0.494 e. The van der Waals surface area contributed by atoms with Crippen molar-refractivity contribution in [2.45, 2.75) is 26.9 Å². The molecule has 1 atom stereocenters. The largest absolute Gasteiger partial charge is 0.494 e. The van der Waals surface area contributed by atoms with Crippen LogP contribution in [0.1, 0.15) is 18.1 Å². The summed E-state index contributed by atoms with van der Waals surface area (Å²) >= 11 is 0. The molecule has 7 nitrogen and oxygen atoms in total. The number of ether oxygens (including phenoxy) is 2. The summed E-state index contributed by atoms with van der Waals surface area (Å²) < 4.78 is 10.8. The highest BCUT2D eigenvalue weighted by Crippen LogP contribution is 2.29. The van der Waals surface area contributed by atoms with Crippen LogP contribution in [0.25, 0.3) is 0 Å². The summed E-state index contributed by atoms with van der Waals surface area (Å²) in [6.07, 6.45) is -0.750. The third-order valence-corrected chi connectivity index (χ3v) is 3.88. The zero-order chi connectivity index (χ0) is 18.6. The summed E-state index contributed by atoms with van der Waals surface area (Å²) in [6, 6.07) is 9.62. The lowest BCUT2D eigenvalue weighted by Gasteiger charge is -2.18. The van der Waals surface area contributed by atoms with E-state index in [-0.39, 0.29) is 17.3 Å². The van der Waals surface area contributed by atoms with E-state index in [2.05, 4.69) is 5.32 Å². The monoisotopic (exact) mass is 344 g/mol. The number of nitro benzene ring substituents is 1. The van der Waals surface area contributed by atoms with Crippen LogP contribution < -0.4 is 14.8 Å². The topological polar surface area (TPSA) is 90.7 Å². The fraction of sp³-hybridized carbons (Fsp3) is 0.278. The Morgan fingerprint density at radius 2 is 1.92 bits per heavy atom. The number of carbonyl (C=O) groups excluding carboxylic acids is 1. The van der Waals surface area contributed by atoms with E-state index in [0.717, 1.165) is 11.1 Å². The molecule has 0 aliphatic carbocycles. The van der Waals surface area contributed by atoms with Crippen molar-refractivity contribution < 1.29 is 19.2 Å². The van der Waals surface area contributed by atoms with Crippen LogP contribution in [0.15, 0.2) is 36.4 Å². The van der Waals surface area contributed by atoms with Gasteiger partial charge in [0.25, 0.3) is 11.6 Å². The average Bonchev–Trinajstić information content (AvgIpc) is 2.58. The van der Waals surface area contributed by atoms with Crippen molar-refractivity contribution in [3.05, 3.63) is 57.6 Å². The molecule has 2 rings (SSSR count). The predicted octanol–water partition coefficient (Wildman–Crippen LogP) is 3.63. The highest BCUT2D eigenvalue weighted by Gasteiger charge is 2.19. The molecular formula is C18H20N2O5. The standard InChI is InChI=1S/C18H20N2O5/c1-11-6-5-7-16(12(11)2)25-13(3)18(21)19-15-9-8-14(20(22)23)10-17(15)24-4/h5-10,13H,1-4H3,(H,19,21). The summed E-state index contributed by atoms with van der Waals surface area (Å²) in [5.74, 6) is 0.466. The van der Waals surface area contributed by atoms with Gasteiger partial charge in [-0.15, -0.1) is 0 Å². The van der Waals surface area contributed by atoms with Gasteiger partial charge in [0.2, 0.25) is 0 Å². The Kier molecular flexibility index (Phi) is 5.59. The molecule has 0 saturated heterocycles. The van der Waals surface area contributed by atoms with Gasteiger partial charge in [-0.2, -0.15) is 0 Å². The minimum atomic E-state index is -0.750. The molecule has 0 radical (unpaired) electrons. The second-order valence-electron chi connectivity index (χ2n) is 5.59. The SMILES string of the molecule is COc1cc([N+](=O)[O-])ccc1NC(=O)C(C)Oc1cccc(C)c1C. The first-order valence-corrected chi connectivity index (χ1v) is 7.69. The number of nitrogens with zero attached hydrogens (tertiary/aromatic N) is 1. The lowest BCUT2D eigenvalue weighted by molar-refractivity contribution is -0.384. The van der Waals surface area contributed by atoms with Crippen LogP contribution in [-0.4, -0.2) is 24.0 Å². The van der Waals surface area contributed by atoms with Crippen LogP contribution in [-0.2, 0) is 4.79 Å². The van der Waals surface area contributed by atoms with Crippen molar-refractivity contribution in [3.8, 4) is 11.5 Å². The van der Waals surface area contributed by atoms with E-state index in [1.165, 1.54) is 25.3 Å². The summed E-state index contributed by atoms with van der Waals surface area (Å²) in [5, 5.41) is 13.5. The number of aryl methyl sites for hydroxylation is 1. The zero-order valence-electron chi connectivity index (χ0n) is 14.5. The summed E-state index contributed by atoms with van der Waals surface area (Å²) in [6.45, 7) is 5.53. The molecule has 2 aromatic rings. The molecule has 0 fully saturated rings. The van der Waals surface area contributed by atoms with E-state index < -0.39 is 11.0 Å². The first-order valence-electron chi connectivity index (χ1n) is 7.69. The van der Waals surface area contributed by atoms with E-state index in [1.54, 1.807) is 13.0 Å². The first kappa shape index (κ1) is 18.3. The number of nitro groups is 1. The summed E-state index contributed by atoms with van der Waals surface area (Å²) in [7, 11) is 1.38. The molecule has 25 heavy (non-hydrogen) atoms. The molecule has 2 aromatic carbocycles. The van der Waals surface area contributed by atoms with Gasteiger partial charge >= 0.3 is 0 Å². The Hall–Kier alpha value is -3.09. The van der Waals surface area contributed by atoms with Gasteiger partial charge in [0.05, 0.1) is 23.8 Å². The maximum atomic E-state index is 12.4. The minimum absolute atomic E-state index is 0.116. The Morgan fingerprint density at radius 3 is 2.56 bits per heavy atom. The van der Waals surface area contributed by atoms with Crippen molar-refractivity contribution in [1.82, 2.24) is 0 Å². The van der Waals surface area contributed by atoms with E-state index in [4.69, 9.17) is 9.47 Å². The molecule has 132 valence electrons. The number of carbonyl (C=O) groups is 1. The maximum absolute atomic E-state index is 12.4. The van der Waals surface area contributed by atoms with Gasteiger partial charge in [-0.05, 0) is 44.0 Å². The van der Waals surface area contributed by atoms with Gasteiger partial charge in [0.15, 0.2) is 6.10 Å². The van der Waals surface area contributed by atoms with Gasteiger partial charge < -0.3 is 14.8 Å². The molecular weight excluding hydrogens is 324 g/mol. The maximum Gasteiger partial charge on any atom is 0.273 e. The van der Waals surface area contributed by atoms with Crippen LogP contribution >= 0.6 is 0 Å². The molecule has 0 aliphatic rings. The second kappa shape index (κ2) is 7.65. The number of hydrogen-bond acceptors (Lipinski definition) is 5. The van der Waals surface area contributed by atoms with Gasteiger partial charge in [-0.25, -0.2) is 0 Å². The quantitative estimate of drug-likeness (QED) is 0.638. The van der Waals surface area contributed by atoms with Crippen molar-refractivity contribution in [2.75, 3.05) is 12.4 Å². The van der Waals surface area contributed by atoms with E-state index in [1.807, 2.05) is 26.0 Å². The van der Waals surface area contributed by atoms with Crippen LogP contribution in [0.5, 0.6) is 11.5 Å². The highest BCUT2D eigenvalue weighted by atomic mass is 16.6. The number of benzene rings is 2. The van der Waals surface area contributed by atoms with Crippen molar-refractivity contribution in [3.63, 3.8) is 0 Å². The number of methoxy groups -OCH3 is 1. The lowest BCUT2D eigenvalue weighted by atomic mass is 10.1. The second-order valence-corrected chi connectivity index (χ2v) is 5.59. The van der Waals surface area contributed by atoms with Crippen LogP contribution in [0.4, 0.5) is 11.4 Å². The molecule has 0 aliphatic heterocycles. The van der Waals surface area contributed by atoms with E-state index in [9.17, 15) is 14.9 Å². The van der Waals surface area contributed by atoms with Gasteiger partial charge in [-0.3, -0.25) is 14.9 Å². The van der Waals surface area contributed by atoms with Crippen molar-refractivity contribution >= 4 is 17.3 Å². The van der Waals surface area contributed by atoms with E-state index in [0.29, 0.717) is 11.4 Å². The third kappa shape index (κ3) is 4.26. The Bertz CT molecular complexity index is 804. The number of amides is 1. The van der Waals surface area contributed by atoms with Gasteiger partial charge in [0.1, 0.15) is 11.5 Å². The zero-order valence-corrected chi connectivity index (χ0v) is 14.5. The first-order chi connectivity index (χ1) is 11.8. The number of non-ortho nitro benzene ring substituents is 1. The van der Waals surface area contributed by atoms with Crippen molar-refractivity contribution in [1.29, 1.82) is 0 Å². The summed E-state index contributed by atoms with van der Waals surface area (Å²) in [5.41, 5.74) is 2.27. The molecule has 7 heteroatoms. The van der Waals surface area contributed by atoms with Crippen LogP contribution in [0.3, 0.4) is 0 Å². The summed E-state index contributed by atoms with van der Waals surface area (Å²) in [4.78, 5) is 22.7. The van der Waals surface area contributed by atoms with Crippen molar-refractivity contribution in [2.24, 2.45) is 0 Å². The Balaban J connectivity index is 2.13. The lowest BCUT2D eigenvalue weighted by Crippen LogP contribution is -2.30. The molecule has 1 N–H and O–H groups in total. The Morgan fingerprint density at radius 1 is 1.20 bits per heavy atom. The van der Waals surface area contributed by atoms with Gasteiger partial charge in [0, 0.05) is 6.07 Å². The predicted molar refractivity (Wildman–Crippen MR) is 94.3 cm³/mol. The average molecular weight is 344 g/mol. The normalized spacial score (nSPS) is 11.5. The molecule has 0 aromatic heterocycles. The van der Waals surface area contributed by atoms with E-state index >= 15 is 0 Å². The molecule has 0 spiro atoms. The number of hydrogen-bond donors (Lipinski definition) is 1. The van der Waals surface area contributed by atoms with Gasteiger partial charge in [-0.1, -0.05) is 12.1 Å². The Labute approximate surface area is 145 Å². The smallest absolute Gasteiger partial charge is 0.273 e. The van der Waals surface area contributed by atoms with Crippen LogP contribution in [0, 0.1) is 24.0 Å². The molecule has 0 saturated carbocycles. The molecule has 1 amide bonds. The number of rotatable bonds is 6. The fourth-order valence-corrected chi connectivity index (χ4v) is 2.23. The highest BCUT2D eigenvalue weighted by molar-refractivity contribution is 5.95. The number of anilines is 1. The molecule has 1 unspecified atom stereocenters. The van der Waals surface area contributed by atoms with Crippen LogP contribution in [0.2, 0.25) is 0 Å². The number of nitrogens with one attached hydrogen (secondary N) is 1. The molecule has 0 heterocycles. The molecule has 0 bridgehead atoms. The fourth-order valence-electron chi connectivity index (χ4n) is 2.23. The third-order valence-electron chi connectivity index (χ3n) is 3.88.